The molecule has 198 valence electrons. The van der Waals surface area contributed by atoms with Gasteiger partial charge in [0.15, 0.2) is 5.70 Å². The van der Waals surface area contributed by atoms with Gasteiger partial charge in [0, 0.05) is 18.7 Å². The first-order valence-electron chi connectivity index (χ1n) is 11.8. The second-order valence-electron chi connectivity index (χ2n) is 8.69. The van der Waals surface area contributed by atoms with Crippen LogP contribution in [0.25, 0.3) is 0 Å². The molecule has 3 atom stereocenters. The Hall–Kier alpha value is -4.59. The van der Waals surface area contributed by atoms with Crippen LogP contribution in [0.2, 0.25) is 0 Å². The largest absolute Gasteiger partial charge is 0.467 e. The lowest BCUT2D eigenvalue weighted by Crippen LogP contribution is -2.56. The van der Waals surface area contributed by atoms with Gasteiger partial charge in [-0.3, -0.25) is 0 Å². The number of carbonyl (C=O) groups is 4. The minimum atomic E-state index is -1.23. The van der Waals surface area contributed by atoms with Gasteiger partial charge in [0.25, 0.3) is 0 Å². The number of likely N-dealkylation sites (tertiary alicyclic amines) is 1. The van der Waals surface area contributed by atoms with Crippen LogP contribution in [0, 0.1) is 12.3 Å². The van der Waals surface area contributed by atoms with Crippen molar-refractivity contribution in [2.45, 2.75) is 30.3 Å². The number of hydrogen-bond acceptors (Lipinski definition) is 10. The van der Waals surface area contributed by atoms with Crippen molar-refractivity contribution in [2.24, 2.45) is 4.99 Å². The topological polar surface area (TPSA) is 124 Å². The van der Waals surface area contributed by atoms with E-state index in [2.05, 4.69) is 17.5 Å². The van der Waals surface area contributed by atoms with Gasteiger partial charge in [0.05, 0.1) is 38.4 Å². The third-order valence-electron chi connectivity index (χ3n) is 6.92. The summed E-state index contributed by atoms with van der Waals surface area (Å²) in [6, 6.07) is 5.23. The van der Waals surface area contributed by atoms with Gasteiger partial charge in [-0.1, -0.05) is 24.3 Å². The van der Waals surface area contributed by atoms with E-state index in [1.807, 2.05) is 23.1 Å². The Balaban J connectivity index is 2.06. The molecule has 0 unspecified atom stereocenters. The Morgan fingerprint density at radius 1 is 1.16 bits per heavy atom. The molecule has 4 rings (SSSR count). The lowest BCUT2D eigenvalue weighted by molar-refractivity contribution is -0.144. The van der Waals surface area contributed by atoms with Crippen LogP contribution >= 0.6 is 0 Å². The molecule has 1 amide bonds. The number of fused-ring (bicyclic) bond motifs is 1. The Kier molecular flexibility index (Phi) is 7.26. The summed E-state index contributed by atoms with van der Waals surface area (Å²) in [5.41, 5.74) is -0.228. The maximum Gasteiger partial charge on any atom is 0.416 e. The summed E-state index contributed by atoms with van der Waals surface area (Å²) in [4.78, 5) is 60.2. The molecule has 1 aromatic carbocycles. The Morgan fingerprint density at radius 3 is 2.50 bits per heavy atom. The zero-order chi connectivity index (χ0) is 27.6. The number of benzene rings is 1. The number of nitrogens with zero attached hydrogens (tertiary/aromatic N) is 3. The zero-order valence-corrected chi connectivity index (χ0v) is 21.3. The quantitative estimate of drug-likeness (QED) is 0.173. The molecular weight excluding hydrogens is 494 g/mol. The van der Waals surface area contributed by atoms with Crippen LogP contribution in [0.5, 0.6) is 0 Å². The number of para-hydroxylation sites is 1. The zero-order valence-electron chi connectivity index (χ0n) is 21.3. The van der Waals surface area contributed by atoms with Gasteiger partial charge in [0.1, 0.15) is 18.5 Å². The van der Waals surface area contributed by atoms with E-state index in [1.165, 1.54) is 14.2 Å². The van der Waals surface area contributed by atoms with Gasteiger partial charge < -0.3 is 23.8 Å². The summed E-state index contributed by atoms with van der Waals surface area (Å²) >= 11 is 0. The molecule has 11 heteroatoms. The van der Waals surface area contributed by atoms with Crippen molar-refractivity contribution in [3.05, 3.63) is 53.8 Å². The Labute approximate surface area is 219 Å². The number of methoxy groups -OCH3 is 3. The van der Waals surface area contributed by atoms with E-state index in [0.29, 0.717) is 11.3 Å². The number of esters is 3. The van der Waals surface area contributed by atoms with E-state index in [4.69, 9.17) is 25.4 Å². The average molecular weight is 522 g/mol. The number of anilines is 1. The van der Waals surface area contributed by atoms with E-state index in [9.17, 15) is 19.2 Å². The molecule has 1 spiro atoms. The fraction of sp³-hybridized carbons (Fsp3) is 0.370. The molecule has 0 aromatic heterocycles. The first-order chi connectivity index (χ1) is 18.3. The number of amides is 1. The van der Waals surface area contributed by atoms with Gasteiger partial charge >= 0.3 is 24.0 Å². The molecule has 0 radical (unpaired) electrons. The van der Waals surface area contributed by atoms with Crippen molar-refractivity contribution in [1.29, 1.82) is 0 Å². The fourth-order valence-corrected chi connectivity index (χ4v) is 5.54. The van der Waals surface area contributed by atoms with Gasteiger partial charge in [-0.25, -0.2) is 29.1 Å². The molecular formula is C27H27N3O8. The summed E-state index contributed by atoms with van der Waals surface area (Å²) in [6.45, 7) is 4.01. The van der Waals surface area contributed by atoms with Crippen molar-refractivity contribution in [1.82, 2.24) is 4.90 Å². The smallest absolute Gasteiger partial charge is 0.416 e. The summed E-state index contributed by atoms with van der Waals surface area (Å²) < 4.78 is 20.4. The number of hydrogen-bond donors (Lipinski definition) is 0. The SMILES string of the molecule is C#CCCOC(=O)N1C2=NC(C(=O)OC)=C(C(=O)OC)[C@@H]3N(CC=C)c4ccccc4[C@]23C[C@H]1C(=O)OC. The molecule has 1 aromatic rings. The molecule has 3 heterocycles. The van der Waals surface area contributed by atoms with Crippen LogP contribution < -0.4 is 4.90 Å². The molecule has 0 saturated carbocycles. The number of amidine groups is 1. The number of carbonyl (C=O) groups excluding carboxylic acids is 4. The molecule has 38 heavy (non-hydrogen) atoms. The number of aliphatic imine (C=N–C) groups is 1. The molecule has 3 aliphatic rings. The molecule has 1 saturated heterocycles. The van der Waals surface area contributed by atoms with E-state index in [-0.39, 0.29) is 43.1 Å². The molecule has 0 N–H and O–H groups in total. The second kappa shape index (κ2) is 10.4. The number of rotatable bonds is 7. The normalized spacial score (nSPS) is 22.8. The monoisotopic (exact) mass is 521 g/mol. The van der Waals surface area contributed by atoms with Crippen LogP contribution in [0.1, 0.15) is 18.4 Å². The van der Waals surface area contributed by atoms with Crippen molar-refractivity contribution < 1.29 is 38.1 Å². The molecule has 3 aliphatic heterocycles. The Bertz CT molecular complexity index is 1310. The van der Waals surface area contributed by atoms with Crippen molar-refractivity contribution in [3.8, 4) is 12.3 Å². The second-order valence-corrected chi connectivity index (χ2v) is 8.69. The van der Waals surface area contributed by atoms with Crippen LogP contribution in [-0.4, -0.2) is 81.3 Å². The van der Waals surface area contributed by atoms with Crippen LogP contribution in [-0.2, 0) is 38.7 Å². The maximum atomic E-state index is 13.4. The first-order valence-corrected chi connectivity index (χ1v) is 11.8. The molecule has 1 fully saturated rings. The third kappa shape index (κ3) is 3.80. The first kappa shape index (κ1) is 26.5. The van der Waals surface area contributed by atoms with Crippen molar-refractivity contribution in [2.75, 3.05) is 39.4 Å². The van der Waals surface area contributed by atoms with Gasteiger partial charge in [0.2, 0.25) is 0 Å². The minimum absolute atomic E-state index is 0.00693. The highest BCUT2D eigenvalue weighted by molar-refractivity contribution is 6.16. The van der Waals surface area contributed by atoms with E-state index in [0.717, 1.165) is 12.0 Å². The van der Waals surface area contributed by atoms with Gasteiger partial charge in [-0.2, -0.15) is 0 Å². The highest BCUT2D eigenvalue weighted by Gasteiger charge is 2.68. The van der Waals surface area contributed by atoms with Gasteiger partial charge in [-0.15, -0.1) is 18.9 Å². The molecule has 0 aliphatic carbocycles. The molecule has 11 nitrogen and oxygen atoms in total. The van der Waals surface area contributed by atoms with E-state index >= 15 is 0 Å². The van der Waals surface area contributed by atoms with Crippen LogP contribution in [0.3, 0.4) is 0 Å². The number of terminal acetylenes is 1. The summed E-state index contributed by atoms with van der Waals surface area (Å²) in [5.74, 6) is 0.000915. The van der Waals surface area contributed by atoms with Crippen LogP contribution in [0.4, 0.5) is 10.5 Å². The summed E-state index contributed by atoms with van der Waals surface area (Å²) in [5, 5.41) is 0. The van der Waals surface area contributed by atoms with Crippen LogP contribution in [0.15, 0.2) is 53.2 Å². The minimum Gasteiger partial charge on any atom is -0.467 e. The van der Waals surface area contributed by atoms with Gasteiger partial charge in [-0.05, 0) is 18.1 Å². The highest BCUT2D eigenvalue weighted by Crippen LogP contribution is 2.57. The van der Waals surface area contributed by atoms with Crippen molar-refractivity contribution >= 4 is 35.5 Å². The lowest BCUT2D eigenvalue weighted by Gasteiger charge is -2.40. The standard InChI is InChI=1S/C27H27N3O8/c1-6-8-14-38-26(34)30-18(22(31)35-3)15-27-16-11-9-10-12-17(16)29(13-7-2)21(27)19(23(32)36-4)20(24(33)37-5)28-25(27)30/h1,7,9-12,18,21H,2,8,13-15H2,3-5H3/t18-,21-,27-/m0/s1. The van der Waals surface area contributed by atoms with Crippen molar-refractivity contribution in [3.63, 3.8) is 0 Å². The predicted octanol–water partition coefficient (Wildman–Crippen LogP) is 1.72. The predicted molar refractivity (Wildman–Crippen MR) is 135 cm³/mol. The number of ether oxygens (including phenoxy) is 4. The highest BCUT2D eigenvalue weighted by atomic mass is 16.6. The average Bonchev–Trinajstić information content (AvgIpc) is 3.43. The summed E-state index contributed by atoms with van der Waals surface area (Å²) in [7, 11) is 3.54. The summed E-state index contributed by atoms with van der Waals surface area (Å²) in [6.07, 6.45) is 6.19. The Morgan fingerprint density at radius 2 is 1.87 bits per heavy atom. The lowest BCUT2D eigenvalue weighted by atomic mass is 9.69. The maximum absolute atomic E-state index is 13.4. The molecule has 0 bridgehead atoms. The third-order valence-corrected chi connectivity index (χ3v) is 6.92. The fourth-order valence-electron chi connectivity index (χ4n) is 5.54. The van der Waals surface area contributed by atoms with E-state index in [1.54, 1.807) is 12.1 Å². The van der Waals surface area contributed by atoms with E-state index < -0.39 is 41.5 Å².